The quantitative estimate of drug-likeness (QED) is 0.733. The van der Waals surface area contributed by atoms with Gasteiger partial charge in [-0.05, 0) is 43.9 Å². The van der Waals surface area contributed by atoms with E-state index in [0.717, 1.165) is 67.8 Å². The van der Waals surface area contributed by atoms with Crippen LogP contribution in [0.3, 0.4) is 0 Å². The van der Waals surface area contributed by atoms with Crippen molar-refractivity contribution in [3.8, 4) is 16.9 Å². The van der Waals surface area contributed by atoms with Crippen molar-refractivity contribution in [1.82, 2.24) is 9.47 Å². The number of aromatic nitrogens is 1. The first-order valence-corrected chi connectivity index (χ1v) is 10.0. The molecule has 6 heteroatoms. The number of likely N-dealkylation sites (tertiary alicyclic amines) is 1. The van der Waals surface area contributed by atoms with E-state index in [1.165, 1.54) is 0 Å². The molecule has 1 aromatic heterocycles. The highest BCUT2D eigenvalue weighted by Crippen LogP contribution is 2.35. The Bertz CT molecular complexity index is 885. The summed E-state index contributed by atoms with van der Waals surface area (Å²) < 4.78 is 2.17. The highest BCUT2D eigenvalue weighted by Gasteiger charge is 2.25. The molecule has 0 saturated carbocycles. The maximum Gasteiger partial charge on any atom is 0.251 e. The second-order valence-corrected chi connectivity index (χ2v) is 7.44. The van der Waals surface area contributed by atoms with Gasteiger partial charge in [0.25, 0.3) is 5.91 Å². The lowest BCUT2D eigenvalue weighted by molar-refractivity contribution is -0.127. The van der Waals surface area contributed by atoms with Crippen LogP contribution in [-0.2, 0) is 17.8 Å². The van der Waals surface area contributed by atoms with Gasteiger partial charge in [0.05, 0.1) is 5.56 Å². The van der Waals surface area contributed by atoms with Crippen LogP contribution in [0.1, 0.15) is 54.4 Å². The van der Waals surface area contributed by atoms with Crippen molar-refractivity contribution >= 4 is 11.8 Å². The number of carbonyl (C=O) groups is 2. The van der Waals surface area contributed by atoms with E-state index < -0.39 is 5.91 Å². The third kappa shape index (κ3) is 3.91. The number of hydrogen-bond donors (Lipinski definition) is 2. The normalized spacial score (nSPS) is 14.1. The molecule has 2 heterocycles. The monoisotopic (exact) mass is 383 g/mol. The van der Waals surface area contributed by atoms with Crippen LogP contribution >= 0.6 is 0 Å². The molecular formula is C22H29N3O3. The van der Waals surface area contributed by atoms with E-state index >= 15 is 0 Å². The Morgan fingerprint density at radius 3 is 2.68 bits per heavy atom. The standard InChI is InChI=1S/C22H29N3O3/c1-3-7-18-21(16-8-4-9-17(26)14-16)20(22(23)28)15(2)25(18)13-6-12-24-11-5-10-19(24)27/h4,8-9,14,26H,3,5-7,10-13H2,1-2H3,(H2,23,28). The molecule has 0 unspecified atom stereocenters. The number of primary amides is 1. The summed E-state index contributed by atoms with van der Waals surface area (Å²) in [5, 5.41) is 9.93. The molecule has 1 aliphatic rings. The lowest BCUT2D eigenvalue weighted by atomic mass is 9.98. The average Bonchev–Trinajstić information content (AvgIpc) is 3.17. The van der Waals surface area contributed by atoms with Crippen molar-refractivity contribution < 1.29 is 14.7 Å². The molecule has 1 aromatic carbocycles. The molecule has 1 fully saturated rings. The predicted octanol–water partition coefficient (Wildman–Crippen LogP) is 3.23. The van der Waals surface area contributed by atoms with Gasteiger partial charge in [-0.1, -0.05) is 25.5 Å². The van der Waals surface area contributed by atoms with E-state index in [-0.39, 0.29) is 11.7 Å². The van der Waals surface area contributed by atoms with E-state index in [4.69, 9.17) is 5.73 Å². The highest BCUT2D eigenvalue weighted by molar-refractivity contribution is 6.02. The Balaban J connectivity index is 1.98. The van der Waals surface area contributed by atoms with Crippen molar-refractivity contribution in [2.75, 3.05) is 13.1 Å². The van der Waals surface area contributed by atoms with Crippen molar-refractivity contribution in [2.45, 2.75) is 52.5 Å². The number of nitrogens with two attached hydrogens (primary N) is 1. The largest absolute Gasteiger partial charge is 0.508 e. The van der Waals surface area contributed by atoms with E-state index in [9.17, 15) is 14.7 Å². The predicted molar refractivity (Wildman–Crippen MR) is 109 cm³/mol. The molecule has 3 N–H and O–H groups in total. The van der Waals surface area contributed by atoms with E-state index in [0.29, 0.717) is 12.0 Å². The highest BCUT2D eigenvalue weighted by atomic mass is 16.3. The van der Waals surface area contributed by atoms with Gasteiger partial charge in [0.15, 0.2) is 0 Å². The van der Waals surface area contributed by atoms with Gasteiger partial charge in [0.1, 0.15) is 5.75 Å². The Morgan fingerprint density at radius 2 is 2.07 bits per heavy atom. The minimum absolute atomic E-state index is 0.160. The first-order chi connectivity index (χ1) is 13.4. The molecule has 1 saturated heterocycles. The van der Waals surface area contributed by atoms with Gasteiger partial charge in [-0.2, -0.15) is 0 Å². The molecule has 3 rings (SSSR count). The fraction of sp³-hybridized carbons (Fsp3) is 0.455. The van der Waals surface area contributed by atoms with Crippen LogP contribution < -0.4 is 5.73 Å². The summed E-state index contributed by atoms with van der Waals surface area (Å²) in [5.41, 5.74) is 9.80. The third-order valence-corrected chi connectivity index (χ3v) is 5.48. The number of benzene rings is 1. The summed E-state index contributed by atoms with van der Waals surface area (Å²) in [4.78, 5) is 26.1. The first kappa shape index (κ1) is 20.0. The van der Waals surface area contributed by atoms with Gasteiger partial charge >= 0.3 is 0 Å². The van der Waals surface area contributed by atoms with Gasteiger partial charge < -0.3 is 20.3 Å². The molecule has 6 nitrogen and oxygen atoms in total. The number of phenolic OH excluding ortho intramolecular Hbond substituents is 1. The van der Waals surface area contributed by atoms with Crippen molar-refractivity contribution in [3.05, 3.63) is 41.2 Å². The smallest absolute Gasteiger partial charge is 0.251 e. The van der Waals surface area contributed by atoms with Crippen LogP contribution in [-0.4, -0.2) is 39.5 Å². The Kier molecular flexibility index (Phi) is 6.07. The number of hydrogen-bond acceptors (Lipinski definition) is 3. The molecule has 0 aliphatic carbocycles. The molecule has 0 bridgehead atoms. The Morgan fingerprint density at radius 1 is 1.29 bits per heavy atom. The lowest BCUT2D eigenvalue weighted by Gasteiger charge is -2.17. The number of aromatic hydroxyl groups is 1. The first-order valence-electron chi connectivity index (χ1n) is 10.0. The van der Waals surface area contributed by atoms with Crippen molar-refractivity contribution in [1.29, 1.82) is 0 Å². The third-order valence-electron chi connectivity index (χ3n) is 5.48. The summed E-state index contributed by atoms with van der Waals surface area (Å²) in [6.07, 6.45) is 4.16. The maximum absolute atomic E-state index is 12.3. The van der Waals surface area contributed by atoms with Crippen LogP contribution in [0.5, 0.6) is 5.75 Å². The summed E-state index contributed by atoms with van der Waals surface area (Å²) >= 11 is 0. The van der Waals surface area contributed by atoms with Crippen LogP contribution in [0.2, 0.25) is 0 Å². The number of rotatable bonds is 8. The number of phenols is 1. The molecule has 2 amide bonds. The molecule has 0 spiro atoms. The topological polar surface area (TPSA) is 88.6 Å². The second-order valence-electron chi connectivity index (χ2n) is 7.44. The number of carbonyl (C=O) groups excluding carboxylic acids is 2. The molecule has 28 heavy (non-hydrogen) atoms. The molecule has 1 aliphatic heterocycles. The lowest BCUT2D eigenvalue weighted by Crippen LogP contribution is -2.26. The minimum atomic E-state index is -0.457. The van der Waals surface area contributed by atoms with Crippen LogP contribution in [0.15, 0.2) is 24.3 Å². The van der Waals surface area contributed by atoms with Gasteiger partial charge in [0, 0.05) is 43.0 Å². The van der Waals surface area contributed by atoms with E-state index in [1.54, 1.807) is 18.2 Å². The molecular weight excluding hydrogens is 354 g/mol. The summed E-state index contributed by atoms with van der Waals surface area (Å²) in [6, 6.07) is 6.96. The fourth-order valence-electron chi connectivity index (χ4n) is 4.23. The molecule has 0 radical (unpaired) electrons. The zero-order chi connectivity index (χ0) is 20.3. The zero-order valence-electron chi connectivity index (χ0n) is 16.7. The molecule has 0 atom stereocenters. The van der Waals surface area contributed by atoms with E-state index in [2.05, 4.69) is 11.5 Å². The van der Waals surface area contributed by atoms with Gasteiger partial charge in [-0.25, -0.2) is 0 Å². The van der Waals surface area contributed by atoms with Crippen LogP contribution in [0.4, 0.5) is 0 Å². The summed E-state index contributed by atoms with van der Waals surface area (Å²) in [6.45, 7) is 6.32. The number of nitrogens with zero attached hydrogens (tertiary/aromatic N) is 2. The molecule has 2 aromatic rings. The van der Waals surface area contributed by atoms with E-state index in [1.807, 2.05) is 17.9 Å². The minimum Gasteiger partial charge on any atom is -0.508 e. The average molecular weight is 383 g/mol. The van der Waals surface area contributed by atoms with Crippen molar-refractivity contribution in [3.63, 3.8) is 0 Å². The second kappa shape index (κ2) is 8.50. The Labute approximate surface area is 165 Å². The molecule has 150 valence electrons. The number of amides is 2. The summed E-state index contributed by atoms with van der Waals surface area (Å²) in [7, 11) is 0. The Hall–Kier alpha value is -2.76. The fourth-order valence-corrected chi connectivity index (χ4v) is 4.23. The van der Waals surface area contributed by atoms with Gasteiger partial charge in [-0.15, -0.1) is 0 Å². The van der Waals surface area contributed by atoms with Gasteiger partial charge in [-0.3, -0.25) is 9.59 Å². The van der Waals surface area contributed by atoms with Crippen LogP contribution in [0.25, 0.3) is 11.1 Å². The summed E-state index contributed by atoms with van der Waals surface area (Å²) in [5.74, 6) is -0.0636. The van der Waals surface area contributed by atoms with Crippen LogP contribution in [0, 0.1) is 6.92 Å². The van der Waals surface area contributed by atoms with Gasteiger partial charge in [0.2, 0.25) is 5.91 Å². The SMILES string of the molecule is CCCc1c(-c2cccc(O)c2)c(C(N)=O)c(C)n1CCCN1CCCC1=O. The maximum atomic E-state index is 12.3. The van der Waals surface area contributed by atoms with Crippen molar-refractivity contribution in [2.24, 2.45) is 5.73 Å². The zero-order valence-corrected chi connectivity index (χ0v) is 16.7.